The lowest BCUT2D eigenvalue weighted by Gasteiger charge is -2.07. The molecule has 0 spiro atoms. The molecule has 0 saturated carbocycles. The molecule has 0 aliphatic heterocycles. The number of carbonyl (C=O) groups excluding carboxylic acids is 2. The lowest BCUT2D eigenvalue weighted by molar-refractivity contribution is -0.141. The second-order valence-corrected chi connectivity index (χ2v) is 4.11. The number of nitrogens with two attached hydrogens (primary N) is 1. The van der Waals surface area contributed by atoms with Crippen molar-refractivity contribution >= 4 is 40.8 Å². The van der Waals surface area contributed by atoms with Gasteiger partial charge in [0.25, 0.3) is 0 Å². The molecule has 0 amide bonds. The molecule has 18 heavy (non-hydrogen) atoms. The molecule has 1 aromatic carbocycles. The predicted octanol–water partition coefficient (Wildman–Crippen LogP) is 2.30. The fourth-order valence-corrected chi connectivity index (χ4v) is 1.58. The zero-order valence-corrected chi connectivity index (χ0v) is 11.0. The van der Waals surface area contributed by atoms with Gasteiger partial charge in [-0.1, -0.05) is 23.2 Å². The summed E-state index contributed by atoms with van der Waals surface area (Å²) in [5.74, 6) is -1.17. The van der Waals surface area contributed by atoms with E-state index in [1.54, 1.807) is 0 Å². The van der Waals surface area contributed by atoms with Crippen LogP contribution in [-0.2, 0) is 14.3 Å². The first kappa shape index (κ1) is 14.6. The minimum absolute atomic E-state index is 0.0318. The zero-order valence-electron chi connectivity index (χ0n) is 9.54. The molecule has 7 heteroatoms. The van der Waals surface area contributed by atoms with Gasteiger partial charge in [-0.25, -0.2) is 4.79 Å². The van der Waals surface area contributed by atoms with Crippen LogP contribution in [0.4, 0.5) is 5.69 Å². The van der Waals surface area contributed by atoms with Gasteiger partial charge in [-0.05, 0) is 12.1 Å². The highest BCUT2D eigenvalue weighted by Crippen LogP contribution is 2.29. The van der Waals surface area contributed by atoms with E-state index in [0.717, 1.165) is 0 Å². The Labute approximate surface area is 114 Å². The summed E-state index contributed by atoms with van der Waals surface area (Å²) in [6.07, 6.45) is -0.0318. The number of esters is 2. The summed E-state index contributed by atoms with van der Waals surface area (Å²) in [5, 5.41) is 0.227. The maximum absolute atomic E-state index is 11.7. The fourth-order valence-electron chi connectivity index (χ4n) is 1.17. The van der Waals surface area contributed by atoms with E-state index in [0.29, 0.717) is 5.69 Å². The number of anilines is 1. The molecule has 0 heterocycles. The van der Waals surface area contributed by atoms with Gasteiger partial charge < -0.3 is 15.2 Å². The molecule has 0 aliphatic rings. The van der Waals surface area contributed by atoms with E-state index in [4.69, 9.17) is 33.7 Å². The van der Waals surface area contributed by atoms with Crippen LogP contribution in [0.1, 0.15) is 16.8 Å². The Morgan fingerprint density at radius 1 is 1.33 bits per heavy atom. The van der Waals surface area contributed by atoms with E-state index in [1.165, 1.54) is 19.2 Å². The fraction of sp³-hybridized carbons (Fsp3) is 0.273. The molecular weight excluding hydrogens is 281 g/mol. The largest absolute Gasteiger partial charge is 0.469 e. The van der Waals surface area contributed by atoms with Crippen molar-refractivity contribution in [2.24, 2.45) is 0 Å². The first-order chi connectivity index (χ1) is 8.45. The maximum atomic E-state index is 11.7. The van der Waals surface area contributed by atoms with Crippen LogP contribution < -0.4 is 5.73 Å². The van der Waals surface area contributed by atoms with Crippen molar-refractivity contribution in [1.82, 2.24) is 0 Å². The van der Waals surface area contributed by atoms with Gasteiger partial charge in [0.15, 0.2) is 0 Å². The van der Waals surface area contributed by atoms with Crippen LogP contribution in [-0.4, -0.2) is 25.7 Å². The monoisotopic (exact) mass is 291 g/mol. The summed E-state index contributed by atoms with van der Waals surface area (Å²) in [6.45, 7) is -0.103. The van der Waals surface area contributed by atoms with Crippen molar-refractivity contribution < 1.29 is 19.1 Å². The standard InChI is InChI=1S/C11H11Cl2NO4/c1-17-9(15)2-3-18-11(16)7-4-6(14)5-8(12)10(7)13/h4-5H,2-3,14H2,1H3. The van der Waals surface area contributed by atoms with Gasteiger partial charge in [0.1, 0.15) is 6.61 Å². The summed E-state index contributed by atoms with van der Waals surface area (Å²) >= 11 is 11.6. The molecular formula is C11H11Cl2NO4. The second-order valence-electron chi connectivity index (χ2n) is 3.33. The van der Waals surface area contributed by atoms with Crippen LogP contribution in [0.3, 0.4) is 0 Å². The van der Waals surface area contributed by atoms with Crippen molar-refractivity contribution in [2.45, 2.75) is 6.42 Å². The average molecular weight is 292 g/mol. The van der Waals surface area contributed by atoms with Crippen LogP contribution in [0.5, 0.6) is 0 Å². The second kappa shape index (κ2) is 6.47. The van der Waals surface area contributed by atoms with Gasteiger partial charge in [0.05, 0.1) is 29.1 Å². The third-order valence-electron chi connectivity index (χ3n) is 2.04. The highest BCUT2D eigenvalue weighted by molar-refractivity contribution is 6.44. The number of carbonyl (C=O) groups is 2. The van der Waals surface area contributed by atoms with Crippen molar-refractivity contribution in [1.29, 1.82) is 0 Å². The average Bonchev–Trinajstić information content (AvgIpc) is 2.33. The SMILES string of the molecule is COC(=O)CCOC(=O)c1cc(N)cc(Cl)c1Cl. The Morgan fingerprint density at radius 2 is 2.00 bits per heavy atom. The Morgan fingerprint density at radius 3 is 2.61 bits per heavy atom. The molecule has 0 unspecified atom stereocenters. The first-order valence-electron chi connectivity index (χ1n) is 4.94. The summed E-state index contributed by atoms with van der Waals surface area (Å²) in [5.41, 5.74) is 5.90. The van der Waals surface area contributed by atoms with E-state index < -0.39 is 11.9 Å². The summed E-state index contributed by atoms with van der Waals surface area (Å²) in [6, 6.07) is 2.78. The normalized spacial score (nSPS) is 9.94. The van der Waals surface area contributed by atoms with Gasteiger partial charge in [-0.2, -0.15) is 0 Å². The van der Waals surface area contributed by atoms with E-state index >= 15 is 0 Å². The maximum Gasteiger partial charge on any atom is 0.339 e. The predicted molar refractivity (Wildman–Crippen MR) is 67.8 cm³/mol. The molecule has 0 radical (unpaired) electrons. The molecule has 0 saturated heterocycles. The Kier molecular flexibility index (Phi) is 5.25. The Hall–Kier alpha value is -1.46. The molecule has 0 aliphatic carbocycles. The number of rotatable bonds is 4. The topological polar surface area (TPSA) is 78.6 Å². The number of nitrogen functional groups attached to an aromatic ring is 1. The number of ether oxygens (including phenoxy) is 2. The van der Waals surface area contributed by atoms with Gasteiger partial charge in [-0.3, -0.25) is 4.79 Å². The smallest absolute Gasteiger partial charge is 0.339 e. The molecule has 0 aromatic heterocycles. The van der Waals surface area contributed by atoms with E-state index in [-0.39, 0.29) is 28.6 Å². The number of hydrogen-bond acceptors (Lipinski definition) is 5. The molecule has 1 rings (SSSR count). The summed E-state index contributed by atoms with van der Waals surface area (Å²) in [7, 11) is 1.25. The zero-order chi connectivity index (χ0) is 13.7. The third-order valence-corrected chi connectivity index (χ3v) is 2.84. The number of halogens is 2. The van der Waals surface area contributed by atoms with Gasteiger partial charge in [0, 0.05) is 5.69 Å². The minimum Gasteiger partial charge on any atom is -0.469 e. The van der Waals surface area contributed by atoms with Crippen molar-refractivity contribution in [3.63, 3.8) is 0 Å². The van der Waals surface area contributed by atoms with Crippen molar-refractivity contribution in [3.8, 4) is 0 Å². The highest BCUT2D eigenvalue weighted by Gasteiger charge is 2.16. The van der Waals surface area contributed by atoms with Crippen LogP contribution in [0.15, 0.2) is 12.1 Å². The first-order valence-corrected chi connectivity index (χ1v) is 5.69. The molecule has 1 aromatic rings. The lowest BCUT2D eigenvalue weighted by Crippen LogP contribution is -2.11. The molecule has 98 valence electrons. The third kappa shape index (κ3) is 3.78. The van der Waals surface area contributed by atoms with Crippen LogP contribution in [0.2, 0.25) is 10.0 Å². The van der Waals surface area contributed by atoms with Crippen molar-refractivity contribution in [3.05, 3.63) is 27.7 Å². The molecule has 5 nitrogen and oxygen atoms in total. The van der Waals surface area contributed by atoms with Crippen LogP contribution >= 0.6 is 23.2 Å². The van der Waals surface area contributed by atoms with Crippen LogP contribution in [0, 0.1) is 0 Å². The lowest BCUT2D eigenvalue weighted by atomic mass is 10.2. The van der Waals surface area contributed by atoms with Crippen molar-refractivity contribution in [2.75, 3.05) is 19.5 Å². The van der Waals surface area contributed by atoms with E-state index in [1.807, 2.05) is 0 Å². The minimum atomic E-state index is -0.696. The van der Waals surface area contributed by atoms with Crippen LogP contribution in [0.25, 0.3) is 0 Å². The van der Waals surface area contributed by atoms with E-state index in [2.05, 4.69) is 4.74 Å². The van der Waals surface area contributed by atoms with E-state index in [9.17, 15) is 9.59 Å². The summed E-state index contributed by atoms with van der Waals surface area (Å²) < 4.78 is 9.26. The molecule has 0 fully saturated rings. The van der Waals surface area contributed by atoms with Gasteiger partial charge >= 0.3 is 11.9 Å². The Bertz CT molecular complexity index is 476. The highest BCUT2D eigenvalue weighted by atomic mass is 35.5. The number of hydrogen-bond donors (Lipinski definition) is 1. The molecule has 0 atom stereocenters. The number of benzene rings is 1. The molecule has 0 bridgehead atoms. The quantitative estimate of drug-likeness (QED) is 0.680. The molecule has 2 N–H and O–H groups in total. The summed E-state index contributed by atoms with van der Waals surface area (Å²) in [4.78, 5) is 22.5. The Balaban J connectivity index is 2.70. The number of methoxy groups -OCH3 is 1. The van der Waals surface area contributed by atoms with Gasteiger partial charge in [-0.15, -0.1) is 0 Å². The van der Waals surface area contributed by atoms with Gasteiger partial charge in [0.2, 0.25) is 0 Å².